The van der Waals surface area contributed by atoms with E-state index in [-0.39, 0.29) is 16.9 Å². The van der Waals surface area contributed by atoms with E-state index in [4.69, 9.17) is 10.5 Å². The molecule has 0 aliphatic rings. The third kappa shape index (κ3) is 2.48. The van der Waals surface area contributed by atoms with Gasteiger partial charge in [0.2, 0.25) is 0 Å². The maximum Gasteiger partial charge on any atom is 0.264 e. The fourth-order valence-corrected chi connectivity index (χ4v) is 1.51. The van der Waals surface area contributed by atoms with Gasteiger partial charge in [0.25, 0.3) is 6.43 Å². The summed E-state index contributed by atoms with van der Waals surface area (Å²) in [7, 11) is 1.36. The summed E-state index contributed by atoms with van der Waals surface area (Å²) in [5.41, 5.74) is 5.33. The summed E-state index contributed by atoms with van der Waals surface area (Å²) < 4.78 is 30.5. The molecule has 1 aromatic carbocycles. The first-order valence-electron chi connectivity index (χ1n) is 4.87. The Morgan fingerprint density at radius 1 is 1.38 bits per heavy atom. The van der Waals surface area contributed by atoms with Gasteiger partial charge >= 0.3 is 0 Å². The van der Waals surface area contributed by atoms with E-state index in [1.807, 2.05) is 0 Å². The number of hydrogen-bond donors (Lipinski definition) is 2. The highest BCUT2D eigenvalue weighted by Crippen LogP contribution is 2.35. The molecule has 1 aromatic rings. The second-order valence-corrected chi connectivity index (χ2v) is 3.57. The van der Waals surface area contributed by atoms with Crippen LogP contribution in [0.1, 0.15) is 30.6 Å². The van der Waals surface area contributed by atoms with Gasteiger partial charge in [0, 0.05) is 17.2 Å². The fourth-order valence-electron chi connectivity index (χ4n) is 1.51. The first-order chi connectivity index (χ1) is 7.49. The van der Waals surface area contributed by atoms with E-state index in [1.165, 1.54) is 25.3 Å². The molecule has 0 spiro atoms. The van der Waals surface area contributed by atoms with Crippen LogP contribution in [0.5, 0.6) is 5.75 Å². The van der Waals surface area contributed by atoms with Gasteiger partial charge in [-0.3, -0.25) is 0 Å². The lowest BCUT2D eigenvalue weighted by molar-refractivity contribution is 0.124. The van der Waals surface area contributed by atoms with Gasteiger partial charge < -0.3 is 15.6 Å². The second-order valence-electron chi connectivity index (χ2n) is 3.57. The molecule has 16 heavy (non-hydrogen) atoms. The third-order valence-corrected chi connectivity index (χ3v) is 2.35. The quantitative estimate of drug-likeness (QED) is 0.833. The number of benzene rings is 1. The molecule has 1 rings (SSSR count). The van der Waals surface area contributed by atoms with E-state index in [9.17, 15) is 13.9 Å². The molecule has 2 atom stereocenters. The smallest absolute Gasteiger partial charge is 0.264 e. The fraction of sp³-hybridized carbons (Fsp3) is 0.455. The number of rotatable bonds is 4. The lowest BCUT2D eigenvalue weighted by Crippen LogP contribution is -2.25. The molecule has 90 valence electrons. The molecule has 0 fully saturated rings. The van der Waals surface area contributed by atoms with Crippen molar-refractivity contribution in [3.05, 3.63) is 29.3 Å². The van der Waals surface area contributed by atoms with Gasteiger partial charge in [-0.25, -0.2) is 8.78 Å². The van der Waals surface area contributed by atoms with Gasteiger partial charge in [0.15, 0.2) is 0 Å². The summed E-state index contributed by atoms with van der Waals surface area (Å²) >= 11 is 0. The Hall–Kier alpha value is -1.20. The highest BCUT2D eigenvalue weighted by molar-refractivity contribution is 5.43. The van der Waals surface area contributed by atoms with Crippen molar-refractivity contribution in [3.63, 3.8) is 0 Å². The second kappa shape index (κ2) is 5.23. The number of ether oxygens (including phenoxy) is 1. The van der Waals surface area contributed by atoms with E-state index >= 15 is 0 Å². The zero-order valence-electron chi connectivity index (χ0n) is 9.15. The Balaban J connectivity index is 3.30. The molecule has 3 N–H and O–H groups in total. The van der Waals surface area contributed by atoms with Crippen molar-refractivity contribution < 1.29 is 18.6 Å². The van der Waals surface area contributed by atoms with Crippen LogP contribution in [0.25, 0.3) is 0 Å². The lowest BCUT2D eigenvalue weighted by atomic mass is 9.97. The zero-order valence-corrected chi connectivity index (χ0v) is 9.15. The molecule has 5 heteroatoms. The topological polar surface area (TPSA) is 55.5 Å². The van der Waals surface area contributed by atoms with Crippen LogP contribution in [0.2, 0.25) is 0 Å². The number of methoxy groups -OCH3 is 1. The number of halogens is 2. The minimum atomic E-state index is -2.67. The minimum Gasteiger partial charge on any atom is -0.496 e. The summed E-state index contributed by atoms with van der Waals surface area (Å²) in [4.78, 5) is 0. The molecule has 0 aliphatic carbocycles. The summed E-state index contributed by atoms with van der Waals surface area (Å²) in [6.07, 6.45) is -3.83. The van der Waals surface area contributed by atoms with Crippen LogP contribution in [0.15, 0.2) is 18.2 Å². The van der Waals surface area contributed by atoms with Crippen molar-refractivity contribution in [3.8, 4) is 5.75 Å². The lowest BCUT2D eigenvalue weighted by Gasteiger charge is -2.21. The summed E-state index contributed by atoms with van der Waals surface area (Å²) in [5, 5.41) is 9.80. The molecule has 0 saturated carbocycles. The van der Waals surface area contributed by atoms with Gasteiger partial charge in [0.1, 0.15) is 5.75 Å². The average Bonchev–Trinajstić information content (AvgIpc) is 2.26. The van der Waals surface area contributed by atoms with Gasteiger partial charge in [-0.2, -0.15) is 0 Å². The monoisotopic (exact) mass is 231 g/mol. The van der Waals surface area contributed by atoms with Crippen LogP contribution in [0.4, 0.5) is 8.78 Å². The average molecular weight is 231 g/mol. The molecule has 2 unspecified atom stereocenters. The van der Waals surface area contributed by atoms with Crippen LogP contribution >= 0.6 is 0 Å². The Morgan fingerprint density at radius 3 is 2.44 bits per heavy atom. The molecule has 0 amide bonds. The summed E-state index contributed by atoms with van der Waals surface area (Å²) in [5.74, 6) is 0.225. The number of aliphatic hydroxyl groups excluding tert-OH is 1. The maximum atomic E-state index is 12.8. The van der Waals surface area contributed by atoms with Gasteiger partial charge in [-0.1, -0.05) is 12.1 Å². The molecule has 0 radical (unpaired) electrons. The Labute approximate surface area is 92.8 Å². The normalized spacial score (nSPS) is 14.9. The summed E-state index contributed by atoms with van der Waals surface area (Å²) in [6.45, 7) is 1.55. The highest BCUT2D eigenvalue weighted by Gasteiger charge is 2.24. The Kier molecular flexibility index (Phi) is 4.20. The van der Waals surface area contributed by atoms with E-state index in [1.54, 1.807) is 6.92 Å². The van der Waals surface area contributed by atoms with Crippen molar-refractivity contribution in [2.75, 3.05) is 7.11 Å². The van der Waals surface area contributed by atoms with Crippen LogP contribution < -0.4 is 10.5 Å². The minimum absolute atomic E-state index is 0.0648. The van der Waals surface area contributed by atoms with Gasteiger partial charge in [-0.05, 0) is 13.0 Å². The molecule has 3 nitrogen and oxygen atoms in total. The number of alkyl halides is 2. The van der Waals surface area contributed by atoms with Crippen LogP contribution in [-0.4, -0.2) is 18.3 Å². The first-order valence-corrected chi connectivity index (χ1v) is 4.87. The summed E-state index contributed by atoms with van der Waals surface area (Å²) in [6, 6.07) is 3.59. The van der Waals surface area contributed by atoms with E-state index < -0.39 is 18.6 Å². The zero-order chi connectivity index (χ0) is 12.3. The predicted molar refractivity (Wildman–Crippen MR) is 56.6 cm³/mol. The molecule has 0 bridgehead atoms. The van der Waals surface area contributed by atoms with Crippen molar-refractivity contribution >= 4 is 0 Å². The van der Waals surface area contributed by atoms with Crippen LogP contribution in [-0.2, 0) is 0 Å². The van der Waals surface area contributed by atoms with Crippen LogP contribution in [0, 0.1) is 0 Å². The highest BCUT2D eigenvalue weighted by atomic mass is 19.3. The van der Waals surface area contributed by atoms with Crippen molar-refractivity contribution in [1.29, 1.82) is 0 Å². The largest absolute Gasteiger partial charge is 0.496 e. The molecule has 0 saturated heterocycles. The predicted octanol–water partition coefficient (Wildman–Crippen LogP) is 2.01. The Bertz CT molecular complexity index is 356. The van der Waals surface area contributed by atoms with Crippen LogP contribution in [0.3, 0.4) is 0 Å². The molecular formula is C11H15F2NO2. The van der Waals surface area contributed by atoms with Crippen molar-refractivity contribution in [2.45, 2.75) is 25.5 Å². The number of hydrogen-bond acceptors (Lipinski definition) is 3. The molecule has 0 aliphatic heterocycles. The van der Waals surface area contributed by atoms with E-state index in [2.05, 4.69) is 0 Å². The first kappa shape index (κ1) is 12.9. The van der Waals surface area contributed by atoms with Gasteiger partial charge in [-0.15, -0.1) is 0 Å². The molecular weight excluding hydrogens is 216 g/mol. The van der Waals surface area contributed by atoms with E-state index in [0.29, 0.717) is 0 Å². The third-order valence-electron chi connectivity index (χ3n) is 2.35. The standard InChI is InChI=1S/C11H15F2NO2/c1-6(14)10(15)9-7(11(12)13)4-3-5-8(9)16-2/h3-6,10-11,15H,14H2,1-2H3. The maximum absolute atomic E-state index is 12.8. The number of aliphatic hydroxyl groups is 1. The SMILES string of the molecule is COc1cccc(C(F)F)c1C(O)C(C)N. The molecule has 0 heterocycles. The van der Waals surface area contributed by atoms with Crippen molar-refractivity contribution in [2.24, 2.45) is 5.73 Å². The Morgan fingerprint density at radius 2 is 2.00 bits per heavy atom. The van der Waals surface area contributed by atoms with Gasteiger partial charge in [0.05, 0.1) is 13.2 Å². The number of nitrogens with two attached hydrogens (primary N) is 1. The van der Waals surface area contributed by atoms with E-state index in [0.717, 1.165) is 0 Å². The van der Waals surface area contributed by atoms with Crippen molar-refractivity contribution in [1.82, 2.24) is 0 Å². The molecule has 0 aromatic heterocycles.